The molecule has 1 aromatic rings. The molecule has 3 N–H and O–H groups in total. The van der Waals surface area contributed by atoms with Crippen LogP contribution in [-0.2, 0) is 17.8 Å². The van der Waals surface area contributed by atoms with E-state index in [1.807, 2.05) is 6.07 Å². The van der Waals surface area contributed by atoms with Crippen LogP contribution in [0.5, 0.6) is 5.75 Å². The first-order valence-electron chi connectivity index (χ1n) is 4.44. The summed E-state index contributed by atoms with van der Waals surface area (Å²) in [6, 6.07) is 4.66. The zero-order valence-corrected chi connectivity index (χ0v) is 7.53. The largest absolute Gasteiger partial charge is 0.508 e. The second-order valence-electron chi connectivity index (χ2n) is 3.39. The van der Waals surface area contributed by atoms with Crippen molar-refractivity contribution in [3.05, 3.63) is 29.3 Å². The number of carboxylic acid groups (broad SMARTS) is 1. The van der Waals surface area contributed by atoms with Gasteiger partial charge in [0, 0.05) is 12.1 Å². The Labute approximate surface area is 81.2 Å². The highest BCUT2D eigenvalue weighted by Crippen LogP contribution is 2.25. The van der Waals surface area contributed by atoms with Gasteiger partial charge in [-0.25, -0.2) is 0 Å². The number of fused-ring (bicyclic) bond motifs is 1. The van der Waals surface area contributed by atoms with Crippen LogP contribution in [0.1, 0.15) is 11.1 Å². The van der Waals surface area contributed by atoms with Gasteiger partial charge < -0.3 is 10.2 Å². The summed E-state index contributed by atoms with van der Waals surface area (Å²) in [6.07, 6.45) is 0.430. The molecule has 74 valence electrons. The molecular weight excluding hydrogens is 182 g/mol. The van der Waals surface area contributed by atoms with E-state index in [1.165, 1.54) is 0 Å². The van der Waals surface area contributed by atoms with Crippen LogP contribution in [-0.4, -0.2) is 22.2 Å². The number of rotatable bonds is 1. The van der Waals surface area contributed by atoms with Crippen molar-refractivity contribution in [2.24, 2.45) is 0 Å². The molecule has 1 unspecified atom stereocenters. The second kappa shape index (κ2) is 3.31. The highest BCUT2D eigenvalue weighted by molar-refractivity contribution is 5.74. The minimum atomic E-state index is -0.848. The van der Waals surface area contributed by atoms with E-state index in [-0.39, 0.29) is 5.75 Å². The zero-order chi connectivity index (χ0) is 10.1. The molecule has 0 spiro atoms. The van der Waals surface area contributed by atoms with E-state index < -0.39 is 12.0 Å². The van der Waals surface area contributed by atoms with Crippen molar-refractivity contribution < 1.29 is 15.0 Å². The Morgan fingerprint density at radius 2 is 2.29 bits per heavy atom. The van der Waals surface area contributed by atoms with E-state index in [0.717, 1.165) is 11.1 Å². The van der Waals surface area contributed by atoms with Crippen LogP contribution in [0.25, 0.3) is 0 Å². The van der Waals surface area contributed by atoms with Gasteiger partial charge in [0.15, 0.2) is 0 Å². The van der Waals surface area contributed by atoms with E-state index in [0.29, 0.717) is 13.0 Å². The number of phenolic OH excluding ortho intramolecular Hbond substituents is 1. The lowest BCUT2D eigenvalue weighted by atomic mass is 9.95. The van der Waals surface area contributed by atoms with Crippen LogP contribution in [0.4, 0.5) is 0 Å². The highest BCUT2D eigenvalue weighted by Gasteiger charge is 2.24. The number of phenols is 1. The van der Waals surface area contributed by atoms with Crippen molar-refractivity contribution in [3.8, 4) is 5.75 Å². The summed E-state index contributed by atoms with van der Waals surface area (Å²) < 4.78 is 0. The predicted molar refractivity (Wildman–Crippen MR) is 50.1 cm³/mol. The van der Waals surface area contributed by atoms with Crippen LogP contribution < -0.4 is 5.32 Å². The van der Waals surface area contributed by atoms with Gasteiger partial charge in [-0.15, -0.1) is 0 Å². The number of carbonyl (C=O) groups is 1. The van der Waals surface area contributed by atoms with Crippen molar-refractivity contribution in [2.45, 2.75) is 19.0 Å². The Morgan fingerprint density at radius 3 is 3.00 bits per heavy atom. The molecule has 1 heterocycles. The molecule has 0 amide bonds. The Balaban J connectivity index is 2.31. The molecule has 0 bridgehead atoms. The first-order chi connectivity index (χ1) is 6.68. The van der Waals surface area contributed by atoms with Gasteiger partial charge in [-0.3, -0.25) is 10.1 Å². The Bertz CT molecular complexity index is 376. The standard InChI is InChI=1S/C10H11NO3/c12-9-3-1-2-6-4-8(10(13)14)11-5-7(6)9/h1-3,8,11-12H,4-5H2,(H,13,14). The molecule has 14 heavy (non-hydrogen) atoms. The van der Waals surface area contributed by atoms with Gasteiger partial charge >= 0.3 is 5.97 Å². The van der Waals surface area contributed by atoms with Crippen LogP contribution in [0.3, 0.4) is 0 Å². The number of benzene rings is 1. The SMILES string of the molecule is O=C(O)C1Cc2cccc(O)c2CN1. The summed E-state index contributed by atoms with van der Waals surface area (Å²) in [6.45, 7) is 0.416. The maximum Gasteiger partial charge on any atom is 0.321 e. The van der Waals surface area contributed by atoms with Gasteiger partial charge in [0.1, 0.15) is 11.8 Å². The summed E-state index contributed by atoms with van der Waals surface area (Å²) >= 11 is 0. The Hall–Kier alpha value is -1.55. The topological polar surface area (TPSA) is 69.6 Å². The number of aliphatic carboxylic acids is 1. The Kier molecular flexibility index (Phi) is 2.13. The van der Waals surface area contributed by atoms with Gasteiger partial charge in [0.2, 0.25) is 0 Å². The summed E-state index contributed by atoms with van der Waals surface area (Å²) in [5, 5.41) is 21.2. The van der Waals surface area contributed by atoms with Gasteiger partial charge in [0.05, 0.1) is 0 Å². The molecule has 0 aliphatic carbocycles. The normalized spacial score (nSPS) is 20.1. The summed E-state index contributed by atoms with van der Waals surface area (Å²) in [5.74, 6) is -0.613. The van der Waals surface area contributed by atoms with E-state index in [4.69, 9.17) is 5.11 Å². The maximum atomic E-state index is 10.7. The van der Waals surface area contributed by atoms with Crippen LogP contribution in [0.2, 0.25) is 0 Å². The summed E-state index contributed by atoms with van der Waals surface area (Å²) in [5.41, 5.74) is 1.72. The molecule has 0 fully saturated rings. The average Bonchev–Trinajstić information content (AvgIpc) is 2.17. The predicted octanol–water partition coefficient (Wildman–Crippen LogP) is 0.491. The minimum absolute atomic E-state index is 0.235. The molecule has 1 aromatic carbocycles. The number of carboxylic acids is 1. The van der Waals surface area contributed by atoms with E-state index in [1.54, 1.807) is 12.1 Å². The fraction of sp³-hybridized carbons (Fsp3) is 0.300. The molecule has 0 aromatic heterocycles. The van der Waals surface area contributed by atoms with Crippen LogP contribution in [0, 0.1) is 0 Å². The molecule has 4 nitrogen and oxygen atoms in total. The second-order valence-corrected chi connectivity index (χ2v) is 3.39. The molecule has 0 saturated carbocycles. The molecule has 1 aliphatic heterocycles. The lowest BCUT2D eigenvalue weighted by Gasteiger charge is -2.23. The monoisotopic (exact) mass is 193 g/mol. The van der Waals surface area contributed by atoms with E-state index in [9.17, 15) is 9.90 Å². The van der Waals surface area contributed by atoms with Crippen molar-refractivity contribution in [1.82, 2.24) is 5.32 Å². The zero-order valence-electron chi connectivity index (χ0n) is 7.53. The molecule has 2 rings (SSSR count). The van der Waals surface area contributed by atoms with Crippen molar-refractivity contribution in [2.75, 3.05) is 0 Å². The molecule has 0 saturated heterocycles. The minimum Gasteiger partial charge on any atom is -0.508 e. The highest BCUT2D eigenvalue weighted by atomic mass is 16.4. The van der Waals surface area contributed by atoms with Crippen molar-refractivity contribution in [1.29, 1.82) is 0 Å². The number of aromatic hydroxyl groups is 1. The molecule has 1 aliphatic rings. The number of hydrogen-bond donors (Lipinski definition) is 3. The van der Waals surface area contributed by atoms with Gasteiger partial charge in [-0.1, -0.05) is 12.1 Å². The lowest BCUT2D eigenvalue weighted by Crippen LogP contribution is -2.41. The molecule has 4 heteroatoms. The van der Waals surface area contributed by atoms with Gasteiger partial charge in [-0.05, 0) is 18.1 Å². The fourth-order valence-electron chi connectivity index (χ4n) is 1.71. The third-order valence-electron chi connectivity index (χ3n) is 2.50. The maximum absolute atomic E-state index is 10.7. The number of nitrogens with one attached hydrogen (secondary N) is 1. The fourth-order valence-corrected chi connectivity index (χ4v) is 1.71. The summed E-state index contributed by atoms with van der Waals surface area (Å²) in [7, 11) is 0. The van der Waals surface area contributed by atoms with Crippen molar-refractivity contribution >= 4 is 5.97 Å². The molecule has 0 radical (unpaired) electrons. The molecule has 1 atom stereocenters. The third-order valence-corrected chi connectivity index (χ3v) is 2.50. The third kappa shape index (κ3) is 1.44. The summed E-state index contributed by atoms with van der Waals surface area (Å²) in [4.78, 5) is 10.7. The van der Waals surface area contributed by atoms with Gasteiger partial charge in [0.25, 0.3) is 0 Å². The first kappa shape index (κ1) is 9.02. The first-order valence-corrected chi connectivity index (χ1v) is 4.44. The van der Waals surface area contributed by atoms with Crippen LogP contribution >= 0.6 is 0 Å². The van der Waals surface area contributed by atoms with Gasteiger partial charge in [-0.2, -0.15) is 0 Å². The average molecular weight is 193 g/mol. The van der Waals surface area contributed by atoms with E-state index in [2.05, 4.69) is 5.32 Å². The quantitative estimate of drug-likeness (QED) is 0.607. The smallest absolute Gasteiger partial charge is 0.321 e. The Morgan fingerprint density at radius 1 is 1.50 bits per heavy atom. The number of hydrogen-bond acceptors (Lipinski definition) is 3. The lowest BCUT2D eigenvalue weighted by molar-refractivity contribution is -0.139. The van der Waals surface area contributed by atoms with Crippen molar-refractivity contribution in [3.63, 3.8) is 0 Å². The molecular formula is C10H11NO3. The van der Waals surface area contributed by atoms with Crippen LogP contribution in [0.15, 0.2) is 18.2 Å². The van der Waals surface area contributed by atoms with E-state index >= 15 is 0 Å².